The summed E-state index contributed by atoms with van der Waals surface area (Å²) >= 11 is 15.4. The predicted molar refractivity (Wildman–Crippen MR) is 200 cm³/mol. The maximum absolute atomic E-state index is 2.24. The van der Waals surface area contributed by atoms with E-state index in [1.54, 1.807) is 0 Å². The zero-order chi connectivity index (χ0) is 29.1. The lowest BCUT2D eigenvalue weighted by Gasteiger charge is -2.08. The molecule has 6 rings (SSSR count). The molecule has 8 heteroatoms. The SMILES string of the molecule is Cc1ccccc1SC1=C(Sc2ccccc2C)SC(=C2SC(Sc3ccccc3C)=C(Sc3ccccc3C)S2)S1. The molecule has 0 saturated heterocycles. The van der Waals surface area contributed by atoms with Crippen molar-refractivity contribution in [2.75, 3.05) is 0 Å². The third-order valence-electron chi connectivity index (χ3n) is 6.43. The first-order valence-electron chi connectivity index (χ1n) is 13.3. The maximum atomic E-state index is 2.24. The van der Waals surface area contributed by atoms with Gasteiger partial charge in [0.15, 0.2) is 0 Å². The number of benzene rings is 4. The molecule has 0 radical (unpaired) electrons. The van der Waals surface area contributed by atoms with E-state index in [9.17, 15) is 0 Å². The molecule has 2 aliphatic heterocycles. The smallest absolute Gasteiger partial charge is 0.0718 e. The van der Waals surface area contributed by atoms with Crippen LogP contribution in [0.2, 0.25) is 0 Å². The maximum Gasteiger partial charge on any atom is 0.0718 e. The van der Waals surface area contributed by atoms with E-state index >= 15 is 0 Å². The molecule has 212 valence electrons. The van der Waals surface area contributed by atoms with Gasteiger partial charge in [-0.2, -0.15) is 0 Å². The van der Waals surface area contributed by atoms with Crippen LogP contribution in [-0.4, -0.2) is 0 Å². The molecule has 4 aromatic rings. The lowest BCUT2D eigenvalue weighted by atomic mass is 10.2. The number of rotatable bonds is 8. The van der Waals surface area contributed by atoms with Crippen LogP contribution in [0.25, 0.3) is 0 Å². The second-order valence-electron chi connectivity index (χ2n) is 9.60. The highest BCUT2D eigenvalue weighted by Gasteiger charge is 2.32. The zero-order valence-electron chi connectivity index (χ0n) is 23.5. The molecule has 0 atom stereocenters. The average molecular weight is 693 g/mol. The van der Waals surface area contributed by atoms with Crippen molar-refractivity contribution in [3.8, 4) is 0 Å². The first kappa shape index (κ1) is 30.9. The Kier molecular flexibility index (Phi) is 10.5. The summed E-state index contributed by atoms with van der Waals surface area (Å²) in [5.74, 6) is 0. The van der Waals surface area contributed by atoms with Crippen molar-refractivity contribution in [3.05, 3.63) is 145 Å². The Morgan fingerprint density at radius 1 is 0.333 bits per heavy atom. The van der Waals surface area contributed by atoms with Gasteiger partial charge in [-0.15, -0.1) is 0 Å². The normalized spacial score (nSPS) is 15.3. The Hall–Kier alpha value is -1.10. The van der Waals surface area contributed by atoms with E-state index < -0.39 is 0 Å². The van der Waals surface area contributed by atoms with Crippen LogP contribution in [0.4, 0.5) is 0 Å². The van der Waals surface area contributed by atoms with Gasteiger partial charge in [0.25, 0.3) is 0 Å². The first-order valence-corrected chi connectivity index (χ1v) is 19.9. The fourth-order valence-electron chi connectivity index (χ4n) is 4.04. The van der Waals surface area contributed by atoms with Crippen molar-refractivity contribution in [1.29, 1.82) is 0 Å². The topological polar surface area (TPSA) is 0 Å². The summed E-state index contributed by atoms with van der Waals surface area (Å²) in [6.45, 7) is 8.83. The van der Waals surface area contributed by atoms with Crippen LogP contribution in [-0.2, 0) is 0 Å². The number of hydrogen-bond acceptors (Lipinski definition) is 8. The summed E-state index contributed by atoms with van der Waals surface area (Å²) in [5.41, 5.74) is 5.29. The third-order valence-corrected chi connectivity index (χ3v) is 18.4. The molecule has 0 fully saturated rings. The molecule has 0 N–H and O–H groups in total. The van der Waals surface area contributed by atoms with E-state index in [4.69, 9.17) is 0 Å². The molecule has 2 heterocycles. The summed E-state index contributed by atoms with van der Waals surface area (Å²) in [5, 5.41) is 0. The number of aryl methyl sites for hydroxylation is 4. The molecule has 0 amide bonds. The van der Waals surface area contributed by atoms with Crippen molar-refractivity contribution in [2.24, 2.45) is 0 Å². The van der Waals surface area contributed by atoms with Crippen LogP contribution in [0.1, 0.15) is 22.3 Å². The molecule has 0 unspecified atom stereocenters. The highest BCUT2D eigenvalue weighted by Crippen LogP contribution is 2.68. The van der Waals surface area contributed by atoms with Gasteiger partial charge in [0.1, 0.15) is 0 Å². The van der Waals surface area contributed by atoms with Gasteiger partial charge in [-0.25, -0.2) is 0 Å². The molecule has 0 saturated carbocycles. The number of thioether (sulfide) groups is 8. The molecule has 0 aromatic heterocycles. The van der Waals surface area contributed by atoms with Crippen molar-refractivity contribution >= 4 is 94.1 Å². The van der Waals surface area contributed by atoms with Crippen molar-refractivity contribution in [3.63, 3.8) is 0 Å². The van der Waals surface area contributed by atoms with Crippen LogP contribution in [0.15, 0.2) is 142 Å². The van der Waals surface area contributed by atoms with Crippen molar-refractivity contribution < 1.29 is 0 Å². The Morgan fingerprint density at radius 3 is 0.762 bits per heavy atom. The van der Waals surface area contributed by atoms with E-state index in [0.29, 0.717) is 0 Å². The van der Waals surface area contributed by atoms with Crippen LogP contribution < -0.4 is 0 Å². The van der Waals surface area contributed by atoms with Gasteiger partial charge in [0.05, 0.1) is 25.4 Å². The van der Waals surface area contributed by atoms with E-state index in [1.807, 2.05) is 94.1 Å². The van der Waals surface area contributed by atoms with Crippen molar-refractivity contribution in [2.45, 2.75) is 47.3 Å². The lowest BCUT2D eigenvalue weighted by molar-refractivity contribution is 1.31. The van der Waals surface area contributed by atoms with E-state index in [1.165, 1.54) is 67.3 Å². The second-order valence-corrected chi connectivity index (χ2v) is 19.4. The average Bonchev–Trinajstić information content (AvgIpc) is 3.57. The minimum atomic E-state index is 1.32. The fourth-order valence-corrected chi connectivity index (χ4v) is 15.7. The number of hydrogen-bond donors (Lipinski definition) is 0. The molecule has 0 nitrogen and oxygen atoms in total. The summed E-state index contributed by atoms with van der Waals surface area (Å²) in [6, 6.07) is 34.9. The minimum Gasteiger partial charge on any atom is -0.0807 e. The molecule has 2 aliphatic rings. The quantitative estimate of drug-likeness (QED) is 0.177. The van der Waals surface area contributed by atoms with Gasteiger partial charge in [0, 0.05) is 19.6 Å². The summed E-state index contributed by atoms with van der Waals surface area (Å²) in [4.78, 5) is 5.30. The lowest BCUT2D eigenvalue weighted by Crippen LogP contribution is -1.80. The fraction of sp³-hybridized carbons (Fsp3) is 0.118. The van der Waals surface area contributed by atoms with Gasteiger partial charge in [-0.3, -0.25) is 0 Å². The molecule has 0 aliphatic carbocycles. The molecule has 42 heavy (non-hydrogen) atoms. The van der Waals surface area contributed by atoms with E-state index in [2.05, 4.69) is 125 Å². The summed E-state index contributed by atoms with van der Waals surface area (Å²) < 4.78 is 8.28. The molecule has 0 bridgehead atoms. The minimum absolute atomic E-state index is 1.32. The van der Waals surface area contributed by atoms with Gasteiger partial charge in [-0.1, -0.05) is 167 Å². The Labute approximate surface area is 283 Å². The summed E-state index contributed by atoms with van der Waals surface area (Å²) in [7, 11) is 0. The van der Waals surface area contributed by atoms with Crippen LogP contribution >= 0.6 is 94.1 Å². The van der Waals surface area contributed by atoms with Gasteiger partial charge < -0.3 is 0 Å². The highest BCUT2D eigenvalue weighted by molar-refractivity contribution is 8.45. The molecule has 0 spiro atoms. The Morgan fingerprint density at radius 2 is 0.548 bits per heavy atom. The van der Waals surface area contributed by atoms with Gasteiger partial charge in [0.2, 0.25) is 0 Å². The molecular weight excluding hydrogens is 665 g/mol. The second kappa shape index (κ2) is 14.3. The van der Waals surface area contributed by atoms with Crippen LogP contribution in [0.3, 0.4) is 0 Å². The zero-order valence-corrected chi connectivity index (χ0v) is 30.0. The van der Waals surface area contributed by atoms with E-state index in [0.717, 1.165) is 0 Å². The Balaban J connectivity index is 1.32. The van der Waals surface area contributed by atoms with Crippen LogP contribution in [0, 0.1) is 27.7 Å². The van der Waals surface area contributed by atoms with Gasteiger partial charge in [-0.05, 0) is 74.2 Å². The van der Waals surface area contributed by atoms with E-state index in [-0.39, 0.29) is 0 Å². The molecule has 4 aromatic carbocycles. The van der Waals surface area contributed by atoms with Gasteiger partial charge >= 0.3 is 0 Å². The summed E-state index contributed by atoms with van der Waals surface area (Å²) in [6.07, 6.45) is 0. The third kappa shape index (κ3) is 7.40. The first-order chi connectivity index (χ1) is 20.4. The molecular formula is C34H28S8. The largest absolute Gasteiger partial charge is 0.0807 e. The Bertz CT molecular complexity index is 1480. The van der Waals surface area contributed by atoms with Crippen LogP contribution in [0.5, 0.6) is 0 Å². The standard InChI is InChI=1S/C34H28S8/c1-21-13-5-9-17-25(21)35-29-30(36-26-18-10-6-14-22(26)2)40-33(39-29)34-41-31(37-27-19-11-7-15-23(27)3)32(42-34)38-28-20-12-8-16-24(28)4/h5-20H,1-4H3. The predicted octanol–water partition coefficient (Wildman–Crippen LogP) is 13.7. The monoisotopic (exact) mass is 692 g/mol. The van der Waals surface area contributed by atoms with Crippen molar-refractivity contribution in [1.82, 2.24) is 0 Å². The highest BCUT2D eigenvalue weighted by atomic mass is 32.3.